The van der Waals surface area contributed by atoms with Gasteiger partial charge in [0.2, 0.25) is 0 Å². The van der Waals surface area contributed by atoms with Crippen molar-refractivity contribution >= 4 is 17.9 Å². The van der Waals surface area contributed by atoms with Crippen LogP contribution in [-0.2, 0) is 19.3 Å². The van der Waals surface area contributed by atoms with Crippen molar-refractivity contribution in [2.45, 2.75) is 19.3 Å². The monoisotopic (exact) mass is 771 g/mol. The van der Waals surface area contributed by atoms with E-state index in [2.05, 4.69) is 0 Å². The maximum atomic E-state index is 13.2. The number of carbonyl (C=O) groups is 3. The molecule has 288 valence electrons. The van der Waals surface area contributed by atoms with Gasteiger partial charge in [0, 0.05) is 36.4 Å². The van der Waals surface area contributed by atoms with Crippen molar-refractivity contribution in [3.05, 3.63) is 176 Å². The maximum Gasteiger partial charge on any atom is 0.410 e. The number of ether oxygens (including phenoxy) is 6. The number of benzene rings is 3. The average molecular weight is 772 g/mol. The van der Waals surface area contributed by atoms with Crippen LogP contribution in [-0.4, -0.2) is 39.2 Å². The van der Waals surface area contributed by atoms with Gasteiger partial charge in [-0.15, -0.1) is 0 Å². The molecule has 0 fully saturated rings. The largest absolute Gasteiger partial charge is 0.618 e. The van der Waals surface area contributed by atoms with E-state index in [1.165, 1.54) is 94.5 Å². The van der Waals surface area contributed by atoms with Crippen LogP contribution in [0.1, 0.15) is 64.8 Å². The average Bonchev–Trinajstić information content (AvgIpc) is 3.26. The summed E-state index contributed by atoms with van der Waals surface area (Å²) >= 11 is 0. The Morgan fingerprint density at radius 3 is 0.895 bits per heavy atom. The first-order chi connectivity index (χ1) is 27.6. The zero-order chi connectivity index (χ0) is 40.2. The van der Waals surface area contributed by atoms with Gasteiger partial charge < -0.3 is 44.0 Å². The number of nitrogens with zero attached hydrogens (tertiary/aromatic N) is 3. The summed E-state index contributed by atoms with van der Waals surface area (Å²) in [6.45, 7) is 0. The Kier molecular flexibility index (Phi) is 10.5. The Labute approximate surface area is 325 Å². The highest BCUT2D eigenvalue weighted by Gasteiger charge is 2.27. The number of hydrogen-bond acceptors (Lipinski definition) is 12. The second kappa shape index (κ2) is 16.0. The highest BCUT2D eigenvalue weighted by Crippen LogP contribution is 2.41. The molecule has 0 spiro atoms. The Hall–Kier alpha value is -7.68. The first-order valence-electron chi connectivity index (χ1n) is 17.4. The van der Waals surface area contributed by atoms with E-state index in [0.29, 0.717) is 30.9 Å². The summed E-state index contributed by atoms with van der Waals surface area (Å²) in [5.41, 5.74) is 3.56. The van der Waals surface area contributed by atoms with Crippen LogP contribution in [0, 0.1) is 15.6 Å². The molecule has 15 heteroatoms. The third kappa shape index (κ3) is 7.80. The van der Waals surface area contributed by atoms with E-state index in [4.69, 9.17) is 28.4 Å². The fourth-order valence-electron chi connectivity index (χ4n) is 6.47. The molecule has 0 bridgehead atoms. The SMILES string of the molecule is COc1cc2c(cc1OC(=O)c1cccc[n+]1[O-])Cc1cc(OC)c(OC(=O)c3cccc[n+]3[O-])cc1Cc1cc(OC)c(OC(=O)c3cccc[n+]3[O-])cc1C2. The minimum absolute atomic E-state index is 0.0514. The molecule has 3 heterocycles. The van der Waals surface area contributed by atoms with E-state index in [0.717, 1.165) is 16.7 Å². The van der Waals surface area contributed by atoms with Crippen LogP contribution in [0.25, 0.3) is 0 Å². The number of aromatic nitrogens is 3. The van der Waals surface area contributed by atoms with Crippen LogP contribution >= 0.6 is 0 Å². The molecule has 1 aliphatic carbocycles. The van der Waals surface area contributed by atoms with E-state index in [-0.39, 0.29) is 70.8 Å². The van der Waals surface area contributed by atoms with Gasteiger partial charge in [0.05, 0.1) is 21.3 Å². The summed E-state index contributed by atoms with van der Waals surface area (Å²) in [7, 11) is 4.25. The van der Waals surface area contributed by atoms with Gasteiger partial charge in [-0.05, 0) is 107 Å². The topological polar surface area (TPSA) is 187 Å². The van der Waals surface area contributed by atoms with Gasteiger partial charge in [-0.2, -0.15) is 14.2 Å². The quantitative estimate of drug-likeness (QED) is 0.0875. The lowest BCUT2D eigenvalue weighted by Crippen LogP contribution is -2.35. The fraction of sp³-hybridized carbons (Fsp3) is 0.143. The lowest BCUT2D eigenvalue weighted by molar-refractivity contribution is -0.608. The summed E-state index contributed by atoms with van der Waals surface area (Å²) in [4.78, 5) is 39.6. The molecule has 0 unspecified atom stereocenters. The van der Waals surface area contributed by atoms with Gasteiger partial charge in [0.25, 0.3) is 0 Å². The molecule has 7 rings (SSSR count). The van der Waals surface area contributed by atoms with Crippen molar-refractivity contribution in [3.63, 3.8) is 0 Å². The number of hydrogen-bond donors (Lipinski definition) is 0. The lowest BCUT2D eigenvalue weighted by atomic mass is 9.94. The molecule has 15 nitrogen and oxygen atoms in total. The predicted octanol–water partition coefficient (Wildman–Crippen LogP) is 4.36. The zero-order valence-electron chi connectivity index (χ0n) is 30.8. The maximum absolute atomic E-state index is 13.2. The van der Waals surface area contributed by atoms with Gasteiger partial charge in [-0.3, -0.25) is 0 Å². The molecule has 3 aromatic carbocycles. The highest BCUT2D eigenvalue weighted by molar-refractivity contribution is 5.89. The predicted molar refractivity (Wildman–Crippen MR) is 198 cm³/mol. The molecule has 0 aliphatic heterocycles. The molecule has 0 amide bonds. The Bertz CT molecular complexity index is 2280. The van der Waals surface area contributed by atoms with Gasteiger partial charge >= 0.3 is 35.0 Å². The Morgan fingerprint density at radius 1 is 0.421 bits per heavy atom. The van der Waals surface area contributed by atoms with Gasteiger partial charge in [-0.1, -0.05) is 0 Å². The van der Waals surface area contributed by atoms with Crippen molar-refractivity contribution in [3.8, 4) is 34.5 Å². The first-order valence-corrected chi connectivity index (χ1v) is 17.4. The molecular weight excluding hydrogens is 738 g/mol. The van der Waals surface area contributed by atoms with E-state index in [1.54, 1.807) is 36.4 Å². The van der Waals surface area contributed by atoms with E-state index >= 15 is 0 Å². The molecule has 3 aromatic heterocycles. The standard InChI is InChI=1S/C42H33N3O12/c1-52-34-19-25-16-29-23-38(56-41(47)32-11-5-8-14-44(32)50)36(54-3)21-27(29)18-30-24-39(57-42(48)33-12-6-9-15-45(33)51)35(53-2)20-26(30)17-28(25)22-37(34)55-40(46)31-10-4-7-13-43(31)49/h4-15,19-24H,16-18H2,1-3H3. The van der Waals surface area contributed by atoms with Crippen LogP contribution < -0.4 is 42.6 Å². The minimum Gasteiger partial charge on any atom is -0.618 e. The second-order valence-electron chi connectivity index (χ2n) is 12.7. The van der Waals surface area contributed by atoms with Crippen molar-refractivity contribution in [2.24, 2.45) is 0 Å². The third-order valence-corrected chi connectivity index (χ3v) is 9.31. The van der Waals surface area contributed by atoms with Crippen LogP contribution in [0.4, 0.5) is 0 Å². The number of rotatable bonds is 9. The number of pyridine rings is 3. The van der Waals surface area contributed by atoms with Gasteiger partial charge in [0.1, 0.15) is 0 Å². The summed E-state index contributed by atoms with van der Waals surface area (Å²) in [5.74, 6) is -1.94. The van der Waals surface area contributed by atoms with Crippen LogP contribution in [0.2, 0.25) is 0 Å². The molecular formula is C42H33N3O12. The number of fused-ring (bicyclic) bond motifs is 3. The molecule has 0 saturated heterocycles. The van der Waals surface area contributed by atoms with Gasteiger partial charge in [0.15, 0.2) is 53.1 Å². The first kappa shape index (κ1) is 37.6. The van der Waals surface area contributed by atoms with Crippen molar-refractivity contribution in [2.75, 3.05) is 21.3 Å². The molecule has 57 heavy (non-hydrogen) atoms. The molecule has 0 atom stereocenters. The van der Waals surface area contributed by atoms with E-state index in [9.17, 15) is 30.0 Å². The van der Waals surface area contributed by atoms with E-state index in [1.807, 2.05) is 0 Å². The molecule has 1 aliphatic rings. The highest BCUT2D eigenvalue weighted by atomic mass is 16.6. The molecule has 0 radical (unpaired) electrons. The Balaban J connectivity index is 1.37. The smallest absolute Gasteiger partial charge is 0.410 e. The van der Waals surface area contributed by atoms with Crippen LogP contribution in [0.15, 0.2) is 110 Å². The molecule has 6 aromatic rings. The Morgan fingerprint density at radius 2 is 0.667 bits per heavy atom. The normalized spacial score (nSPS) is 11.6. The summed E-state index contributed by atoms with van der Waals surface area (Å²) in [6, 6.07) is 23.2. The molecule has 0 saturated carbocycles. The zero-order valence-corrected chi connectivity index (χ0v) is 30.8. The van der Waals surface area contributed by atoms with Crippen LogP contribution in [0.3, 0.4) is 0 Å². The summed E-state index contributed by atoms with van der Waals surface area (Å²) in [6.07, 6.45) is 4.30. The van der Waals surface area contributed by atoms with Crippen molar-refractivity contribution < 1.29 is 57.0 Å². The van der Waals surface area contributed by atoms with Crippen LogP contribution in [0.5, 0.6) is 34.5 Å². The fourth-order valence-corrected chi connectivity index (χ4v) is 6.47. The van der Waals surface area contributed by atoms with E-state index < -0.39 is 17.9 Å². The third-order valence-electron chi connectivity index (χ3n) is 9.31. The second-order valence-corrected chi connectivity index (χ2v) is 12.7. The lowest BCUT2D eigenvalue weighted by Gasteiger charge is -2.17. The van der Waals surface area contributed by atoms with Crippen molar-refractivity contribution in [1.82, 2.24) is 0 Å². The number of methoxy groups -OCH3 is 3. The summed E-state index contributed by atoms with van der Waals surface area (Å²) in [5, 5.41) is 37.1. The molecule has 0 N–H and O–H groups in total. The summed E-state index contributed by atoms with van der Waals surface area (Å²) < 4.78 is 35.4. The van der Waals surface area contributed by atoms with Gasteiger partial charge in [-0.25, -0.2) is 14.4 Å². The number of carbonyl (C=O) groups excluding carboxylic acids is 3. The number of esters is 3. The minimum atomic E-state index is -0.903. The van der Waals surface area contributed by atoms with Crippen molar-refractivity contribution in [1.29, 1.82) is 0 Å².